The average Bonchev–Trinajstić information content (AvgIpc) is 2.96. The summed E-state index contributed by atoms with van der Waals surface area (Å²) in [5.74, 6) is -1.09. The number of nitrogens with one attached hydrogen (secondary N) is 1. The van der Waals surface area contributed by atoms with Gasteiger partial charge in [0, 0.05) is 12.1 Å². The van der Waals surface area contributed by atoms with Gasteiger partial charge >= 0.3 is 5.97 Å². The zero-order chi connectivity index (χ0) is 13.1. The summed E-state index contributed by atoms with van der Waals surface area (Å²) in [5.41, 5.74) is -0.664. The molecule has 0 aromatic carbocycles. The van der Waals surface area contributed by atoms with Crippen molar-refractivity contribution in [3.8, 4) is 0 Å². The minimum absolute atomic E-state index is 0.0194. The van der Waals surface area contributed by atoms with Gasteiger partial charge in [-0.05, 0) is 26.7 Å². The molecule has 0 aliphatic heterocycles. The molecule has 2 N–H and O–H groups in total. The van der Waals surface area contributed by atoms with Crippen molar-refractivity contribution in [3.63, 3.8) is 0 Å². The molecule has 0 aromatic heterocycles. The van der Waals surface area contributed by atoms with Crippen molar-refractivity contribution in [1.82, 2.24) is 5.32 Å². The molecule has 17 heavy (non-hydrogen) atoms. The molecule has 5 heteroatoms. The van der Waals surface area contributed by atoms with E-state index in [1.807, 2.05) is 13.8 Å². The third-order valence-electron chi connectivity index (χ3n) is 3.20. The molecular weight excluding hydrogens is 222 g/mol. The van der Waals surface area contributed by atoms with E-state index in [1.54, 1.807) is 6.92 Å². The summed E-state index contributed by atoms with van der Waals surface area (Å²) >= 11 is 0. The Kier molecular flexibility index (Phi) is 4.51. The molecule has 0 heterocycles. The Labute approximate surface area is 102 Å². The molecule has 1 fully saturated rings. The number of carboxylic acids is 1. The molecule has 0 radical (unpaired) electrons. The van der Waals surface area contributed by atoms with Crippen LogP contribution in [0.25, 0.3) is 0 Å². The fourth-order valence-electron chi connectivity index (χ4n) is 1.83. The van der Waals surface area contributed by atoms with Crippen LogP contribution in [0.5, 0.6) is 0 Å². The first-order chi connectivity index (χ1) is 7.91. The van der Waals surface area contributed by atoms with Gasteiger partial charge in [0.2, 0.25) is 5.91 Å². The van der Waals surface area contributed by atoms with Crippen LogP contribution < -0.4 is 5.32 Å². The first-order valence-electron chi connectivity index (χ1n) is 6.07. The monoisotopic (exact) mass is 243 g/mol. The summed E-state index contributed by atoms with van der Waals surface area (Å²) in [4.78, 5) is 22.6. The predicted octanol–water partition coefficient (Wildman–Crippen LogP) is 1.17. The Bertz CT molecular complexity index is 305. The van der Waals surface area contributed by atoms with Crippen molar-refractivity contribution >= 4 is 11.9 Å². The van der Waals surface area contributed by atoms with Crippen LogP contribution in [0.1, 0.15) is 40.0 Å². The second-order valence-electron chi connectivity index (χ2n) is 4.81. The summed E-state index contributed by atoms with van der Waals surface area (Å²) in [5, 5.41) is 11.6. The van der Waals surface area contributed by atoms with Crippen LogP contribution in [0.15, 0.2) is 0 Å². The maximum absolute atomic E-state index is 11.9. The van der Waals surface area contributed by atoms with Crippen LogP contribution >= 0.6 is 0 Å². The molecule has 1 amide bonds. The number of hydrogen-bond donors (Lipinski definition) is 2. The maximum atomic E-state index is 11.9. The highest BCUT2D eigenvalue weighted by Gasteiger charge is 2.45. The lowest BCUT2D eigenvalue weighted by Gasteiger charge is -2.28. The largest absolute Gasteiger partial charge is 0.481 e. The number of rotatable bonds is 7. The van der Waals surface area contributed by atoms with Crippen molar-refractivity contribution < 1.29 is 19.4 Å². The maximum Gasteiger partial charge on any atom is 0.305 e. The van der Waals surface area contributed by atoms with Gasteiger partial charge in [0.25, 0.3) is 0 Å². The van der Waals surface area contributed by atoms with Gasteiger partial charge in [-0.25, -0.2) is 0 Å². The van der Waals surface area contributed by atoms with E-state index in [0.717, 1.165) is 6.42 Å². The summed E-state index contributed by atoms with van der Waals surface area (Å²) in [6, 6.07) is 0. The molecule has 5 nitrogen and oxygen atoms in total. The molecule has 1 aliphatic carbocycles. The molecule has 0 spiro atoms. The van der Waals surface area contributed by atoms with Crippen LogP contribution in [-0.2, 0) is 14.3 Å². The summed E-state index contributed by atoms with van der Waals surface area (Å²) < 4.78 is 5.34. The third kappa shape index (κ3) is 4.00. The van der Waals surface area contributed by atoms with Crippen LogP contribution in [0.3, 0.4) is 0 Å². The summed E-state index contributed by atoms with van der Waals surface area (Å²) in [7, 11) is 0. The van der Waals surface area contributed by atoms with E-state index in [0.29, 0.717) is 13.0 Å². The van der Waals surface area contributed by atoms with E-state index in [9.17, 15) is 9.59 Å². The topological polar surface area (TPSA) is 75.6 Å². The zero-order valence-electron chi connectivity index (χ0n) is 10.7. The standard InChI is InChI=1S/C12H21NO4/c1-4-12(3,7-10(14)15)13-11(16)8-6-9(8)17-5-2/h8-9H,4-7H2,1-3H3,(H,13,16)(H,14,15)/t8-,9-,12-/m1/s1. The Morgan fingerprint density at radius 2 is 2.12 bits per heavy atom. The lowest BCUT2D eigenvalue weighted by atomic mass is 9.94. The molecule has 0 bridgehead atoms. The van der Waals surface area contributed by atoms with Gasteiger partial charge in [0.15, 0.2) is 0 Å². The highest BCUT2D eigenvalue weighted by atomic mass is 16.5. The first kappa shape index (κ1) is 14.0. The van der Waals surface area contributed by atoms with Crippen molar-refractivity contribution in [2.45, 2.75) is 51.7 Å². The van der Waals surface area contributed by atoms with Crippen LogP contribution in [0.4, 0.5) is 0 Å². The third-order valence-corrected chi connectivity index (χ3v) is 3.20. The fourth-order valence-corrected chi connectivity index (χ4v) is 1.83. The molecular formula is C12H21NO4. The van der Waals surface area contributed by atoms with Crippen LogP contribution in [0, 0.1) is 5.92 Å². The van der Waals surface area contributed by atoms with Crippen LogP contribution in [0.2, 0.25) is 0 Å². The minimum Gasteiger partial charge on any atom is -0.481 e. The molecule has 0 saturated heterocycles. The Hall–Kier alpha value is -1.10. The Morgan fingerprint density at radius 3 is 2.59 bits per heavy atom. The Balaban J connectivity index is 2.46. The van der Waals surface area contributed by atoms with E-state index in [4.69, 9.17) is 9.84 Å². The van der Waals surface area contributed by atoms with Gasteiger partial charge in [0.05, 0.1) is 18.4 Å². The number of aliphatic carboxylic acids is 1. The fraction of sp³-hybridized carbons (Fsp3) is 0.833. The predicted molar refractivity (Wildman–Crippen MR) is 62.6 cm³/mol. The first-order valence-corrected chi connectivity index (χ1v) is 6.07. The normalized spacial score (nSPS) is 26.1. The molecule has 98 valence electrons. The highest BCUT2D eigenvalue weighted by molar-refractivity contribution is 5.83. The number of ether oxygens (including phenoxy) is 1. The second-order valence-corrected chi connectivity index (χ2v) is 4.81. The number of amides is 1. The highest BCUT2D eigenvalue weighted by Crippen LogP contribution is 2.34. The van der Waals surface area contributed by atoms with Crippen molar-refractivity contribution in [2.75, 3.05) is 6.61 Å². The van der Waals surface area contributed by atoms with E-state index >= 15 is 0 Å². The Morgan fingerprint density at radius 1 is 1.47 bits per heavy atom. The van der Waals surface area contributed by atoms with Crippen molar-refractivity contribution in [3.05, 3.63) is 0 Å². The summed E-state index contributed by atoms with van der Waals surface area (Å²) in [6.07, 6.45) is 1.30. The van der Waals surface area contributed by atoms with Crippen LogP contribution in [-0.4, -0.2) is 35.2 Å². The van der Waals surface area contributed by atoms with E-state index < -0.39 is 11.5 Å². The second kappa shape index (κ2) is 5.49. The van der Waals surface area contributed by atoms with Gasteiger partial charge in [-0.15, -0.1) is 0 Å². The van der Waals surface area contributed by atoms with E-state index in [1.165, 1.54) is 0 Å². The SMILES string of the molecule is CCO[C@@H]1C[C@H]1C(=O)N[C@](C)(CC)CC(=O)O. The number of hydrogen-bond acceptors (Lipinski definition) is 3. The van der Waals surface area contributed by atoms with Crippen molar-refractivity contribution in [2.24, 2.45) is 5.92 Å². The van der Waals surface area contributed by atoms with Crippen molar-refractivity contribution in [1.29, 1.82) is 0 Å². The van der Waals surface area contributed by atoms with Gasteiger partial charge in [-0.3, -0.25) is 9.59 Å². The molecule has 1 saturated carbocycles. The number of carbonyl (C=O) groups excluding carboxylic acids is 1. The number of carbonyl (C=O) groups is 2. The lowest BCUT2D eigenvalue weighted by molar-refractivity contribution is -0.139. The van der Waals surface area contributed by atoms with E-state index in [-0.39, 0.29) is 24.3 Å². The van der Waals surface area contributed by atoms with Gasteiger partial charge in [-0.1, -0.05) is 6.92 Å². The smallest absolute Gasteiger partial charge is 0.305 e. The lowest BCUT2D eigenvalue weighted by Crippen LogP contribution is -2.48. The van der Waals surface area contributed by atoms with E-state index in [2.05, 4.69) is 5.32 Å². The molecule has 1 rings (SSSR count). The zero-order valence-corrected chi connectivity index (χ0v) is 10.7. The molecule has 3 atom stereocenters. The van der Waals surface area contributed by atoms with Gasteiger partial charge in [0.1, 0.15) is 0 Å². The number of carboxylic acid groups (broad SMARTS) is 1. The quantitative estimate of drug-likeness (QED) is 0.703. The van der Waals surface area contributed by atoms with Gasteiger partial charge < -0.3 is 15.2 Å². The summed E-state index contributed by atoms with van der Waals surface area (Å²) in [6.45, 7) is 6.13. The molecule has 0 unspecified atom stereocenters. The van der Waals surface area contributed by atoms with Gasteiger partial charge in [-0.2, -0.15) is 0 Å². The molecule has 0 aromatic rings. The molecule has 1 aliphatic rings. The minimum atomic E-state index is -0.896. The average molecular weight is 243 g/mol.